The van der Waals surface area contributed by atoms with Crippen LogP contribution in [0.4, 0.5) is 17.6 Å². The molecule has 0 bridgehead atoms. The van der Waals surface area contributed by atoms with Crippen LogP contribution in [0.1, 0.15) is 26.6 Å². The van der Waals surface area contributed by atoms with Crippen LogP contribution < -0.4 is 0 Å². The zero-order valence-corrected chi connectivity index (χ0v) is 13.1. The monoisotopic (exact) mass is 389 g/mol. The van der Waals surface area contributed by atoms with Crippen LogP contribution in [-0.4, -0.2) is 16.1 Å². The minimum Gasteiger partial charge on any atom is -0.478 e. The number of nitrogens with one attached hydrogen (secondary N) is 1. The molecule has 23 heavy (non-hydrogen) atoms. The van der Waals surface area contributed by atoms with Crippen LogP contribution in [0, 0.1) is 5.82 Å². The van der Waals surface area contributed by atoms with Crippen LogP contribution in [0.25, 0.3) is 11.1 Å². The van der Waals surface area contributed by atoms with Crippen molar-refractivity contribution in [3.05, 3.63) is 46.0 Å². The number of benzene rings is 1. The molecule has 10 heteroatoms. The summed E-state index contributed by atoms with van der Waals surface area (Å²) < 4.78 is 52.5. The second kappa shape index (κ2) is 6.22. The SMILES string of the molecule is O=C(O)c1cc(-c2cc(C(F)(F)F)[nH]c2C(Cl)Cl)c(F)cc1Cl. The summed E-state index contributed by atoms with van der Waals surface area (Å²) in [5.74, 6) is -2.47. The van der Waals surface area contributed by atoms with Gasteiger partial charge in [0.2, 0.25) is 0 Å². The predicted molar refractivity (Wildman–Crippen MR) is 77.6 cm³/mol. The van der Waals surface area contributed by atoms with Gasteiger partial charge < -0.3 is 10.1 Å². The summed E-state index contributed by atoms with van der Waals surface area (Å²) in [7, 11) is 0. The highest BCUT2D eigenvalue weighted by atomic mass is 35.5. The standard InChI is InChI=1S/C13H6Cl3F4NO2/c14-7-3-8(17)4(1-6(7)12(22)23)5-2-9(13(18,19)20)21-10(5)11(15)16/h1-3,11,21H,(H,22,23). The van der Waals surface area contributed by atoms with Crippen LogP contribution >= 0.6 is 34.8 Å². The van der Waals surface area contributed by atoms with Gasteiger partial charge in [-0.2, -0.15) is 13.2 Å². The zero-order valence-electron chi connectivity index (χ0n) is 10.8. The summed E-state index contributed by atoms with van der Waals surface area (Å²) >= 11 is 16.8. The molecule has 2 rings (SSSR count). The van der Waals surface area contributed by atoms with Crippen LogP contribution in [0.3, 0.4) is 0 Å². The van der Waals surface area contributed by atoms with Gasteiger partial charge in [0.1, 0.15) is 16.3 Å². The van der Waals surface area contributed by atoms with Crippen molar-refractivity contribution < 1.29 is 27.5 Å². The van der Waals surface area contributed by atoms with E-state index in [1.54, 1.807) is 0 Å². The number of hydrogen-bond acceptors (Lipinski definition) is 1. The number of carboxylic acids is 1. The molecule has 1 aromatic carbocycles. The Hall–Kier alpha value is -1.44. The maximum absolute atomic E-state index is 14.1. The van der Waals surface area contributed by atoms with Crippen molar-refractivity contribution in [2.45, 2.75) is 11.0 Å². The Morgan fingerprint density at radius 2 is 1.78 bits per heavy atom. The Labute approximate surface area is 141 Å². The molecular formula is C13H6Cl3F4NO2. The van der Waals surface area contributed by atoms with Gasteiger partial charge in [0, 0.05) is 11.1 Å². The summed E-state index contributed by atoms with van der Waals surface area (Å²) in [6, 6.07) is 2.12. The number of carbonyl (C=O) groups is 1. The van der Waals surface area contributed by atoms with E-state index in [9.17, 15) is 22.4 Å². The average Bonchev–Trinajstić information content (AvgIpc) is 2.83. The Bertz CT molecular complexity index is 771. The average molecular weight is 391 g/mol. The highest BCUT2D eigenvalue weighted by Gasteiger charge is 2.35. The van der Waals surface area contributed by atoms with Crippen LogP contribution in [0.5, 0.6) is 0 Å². The van der Waals surface area contributed by atoms with Gasteiger partial charge in [-0.05, 0) is 18.2 Å². The second-order valence-corrected chi connectivity index (χ2v) is 5.93. The van der Waals surface area contributed by atoms with E-state index in [4.69, 9.17) is 39.9 Å². The fourth-order valence-electron chi connectivity index (χ4n) is 1.94. The molecule has 0 spiro atoms. The molecule has 0 aliphatic heterocycles. The van der Waals surface area contributed by atoms with E-state index in [1.165, 1.54) is 0 Å². The van der Waals surface area contributed by atoms with Crippen molar-refractivity contribution in [3.63, 3.8) is 0 Å². The van der Waals surface area contributed by atoms with Gasteiger partial charge in [0.25, 0.3) is 0 Å². The number of halogens is 7. The lowest BCUT2D eigenvalue weighted by Gasteiger charge is -2.08. The fourth-order valence-corrected chi connectivity index (χ4v) is 2.51. The van der Waals surface area contributed by atoms with Crippen molar-refractivity contribution >= 4 is 40.8 Å². The van der Waals surface area contributed by atoms with Crippen molar-refractivity contribution in [1.29, 1.82) is 0 Å². The summed E-state index contributed by atoms with van der Waals surface area (Å²) in [6.45, 7) is 0. The quantitative estimate of drug-likeness (QED) is 0.524. The maximum Gasteiger partial charge on any atom is 0.431 e. The molecule has 0 fully saturated rings. The van der Waals surface area contributed by atoms with Crippen molar-refractivity contribution in [2.75, 3.05) is 0 Å². The van der Waals surface area contributed by atoms with Crippen LogP contribution in [0.2, 0.25) is 5.02 Å². The van der Waals surface area contributed by atoms with Crippen LogP contribution in [0.15, 0.2) is 18.2 Å². The second-order valence-electron chi connectivity index (χ2n) is 4.43. The Kier molecular flexibility index (Phi) is 4.84. The maximum atomic E-state index is 14.1. The Morgan fingerprint density at radius 3 is 2.26 bits per heavy atom. The van der Waals surface area contributed by atoms with Crippen LogP contribution in [-0.2, 0) is 6.18 Å². The van der Waals surface area contributed by atoms with E-state index in [0.29, 0.717) is 12.1 Å². The number of rotatable bonds is 3. The lowest BCUT2D eigenvalue weighted by molar-refractivity contribution is -0.140. The third kappa shape index (κ3) is 3.57. The lowest BCUT2D eigenvalue weighted by Crippen LogP contribution is -2.05. The lowest BCUT2D eigenvalue weighted by atomic mass is 10.0. The Balaban J connectivity index is 2.73. The molecule has 0 saturated heterocycles. The first-order chi connectivity index (χ1) is 10.5. The molecule has 2 aromatic rings. The molecule has 0 amide bonds. The minimum absolute atomic E-state index is 0.302. The van der Waals surface area contributed by atoms with Gasteiger partial charge in [0.05, 0.1) is 16.3 Å². The molecule has 0 radical (unpaired) electrons. The topological polar surface area (TPSA) is 53.1 Å². The van der Waals surface area contributed by atoms with Crippen molar-refractivity contribution in [3.8, 4) is 11.1 Å². The highest BCUT2D eigenvalue weighted by molar-refractivity contribution is 6.44. The van der Waals surface area contributed by atoms with Gasteiger partial charge in [-0.15, -0.1) is 0 Å². The first-order valence-electron chi connectivity index (χ1n) is 5.83. The molecular weight excluding hydrogens is 384 g/mol. The van der Waals surface area contributed by atoms with E-state index in [2.05, 4.69) is 0 Å². The first kappa shape index (κ1) is 17.9. The number of aromatic amines is 1. The zero-order chi connectivity index (χ0) is 17.5. The number of alkyl halides is 5. The summed E-state index contributed by atoms with van der Waals surface area (Å²) in [4.78, 5) is 11.6. The largest absolute Gasteiger partial charge is 0.478 e. The third-order valence-electron chi connectivity index (χ3n) is 2.95. The molecule has 0 unspecified atom stereocenters. The van der Waals surface area contributed by atoms with Gasteiger partial charge in [0.15, 0.2) is 0 Å². The molecule has 0 atom stereocenters. The van der Waals surface area contributed by atoms with E-state index in [0.717, 1.165) is 6.07 Å². The number of aromatic nitrogens is 1. The van der Waals surface area contributed by atoms with Gasteiger partial charge in [-0.3, -0.25) is 0 Å². The van der Waals surface area contributed by atoms with Gasteiger partial charge in [-0.25, -0.2) is 9.18 Å². The highest BCUT2D eigenvalue weighted by Crippen LogP contribution is 2.40. The number of hydrogen-bond donors (Lipinski definition) is 2. The van der Waals surface area contributed by atoms with Gasteiger partial charge >= 0.3 is 12.1 Å². The molecule has 2 N–H and O–H groups in total. The molecule has 3 nitrogen and oxygen atoms in total. The summed E-state index contributed by atoms with van der Waals surface area (Å²) in [5.41, 5.74) is -2.69. The normalized spacial score (nSPS) is 12.0. The number of H-pyrrole nitrogens is 1. The third-order valence-corrected chi connectivity index (χ3v) is 3.70. The minimum atomic E-state index is -4.74. The smallest absolute Gasteiger partial charge is 0.431 e. The molecule has 124 valence electrons. The van der Waals surface area contributed by atoms with E-state index < -0.39 is 39.6 Å². The van der Waals surface area contributed by atoms with E-state index >= 15 is 0 Å². The number of aromatic carboxylic acids is 1. The van der Waals surface area contributed by atoms with Crippen molar-refractivity contribution in [2.24, 2.45) is 0 Å². The summed E-state index contributed by atoms with van der Waals surface area (Å²) in [6.07, 6.45) is -4.74. The van der Waals surface area contributed by atoms with E-state index in [1.807, 2.05) is 4.98 Å². The predicted octanol–water partition coefficient (Wildman–Crippen LogP) is 5.67. The molecule has 1 heterocycles. The number of carboxylic acid groups (broad SMARTS) is 1. The first-order valence-corrected chi connectivity index (χ1v) is 7.08. The molecule has 1 aromatic heterocycles. The fraction of sp³-hybridized carbons (Fsp3) is 0.154. The Morgan fingerprint density at radius 1 is 1.17 bits per heavy atom. The molecule has 0 saturated carbocycles. The van der Waals surface area contributed by atoms with Crippen molar-refractivity contribution in [1.82, 2.24) is 4.98 Å². The van der Waals surface area contributed by atoms with Gasteiger partial charge in [-0.1, -0.05) is 34.8 Å². The molecule has 0 aliphatic carbocycles. The molecule has 0 aliphatic rings. The van der Waals surface area contributed by atoms with E-state index in [-0.39, 0.29) is 16.3 Å². The summed E-state index contributed by atoms with van der Waals surface area (Å²) in [5, 5.41) is 8.61.